The summed E-state index contributed by atoms with van der Waals surface area (Å²) in [6.45, 7) is 15.9. The average Bonchev–Trinajstić information content (AvgIpc) is 2.70. The van der Waals surface area contributed by atoms with Crippen LogP contribution in [0, 0.1) is 50.2 Å². The lowest BCUT2D eigenvalue weighted by Crippen LogP contribution is -2.69. The van der Waals surface area contributed by atoms with E-state index in [1.807, 2.05) is 0 Å². The van der Waals surface area contributed by atoms with Crippen LogP contribution in [-0.2, 0) is 4.79 Å². The summed E-state index contributed by atoms with van der Waals surface area (Å²) in [5.74, 6) is -0.182. The summed E-state index contributed by atoms with van der Waals surface area (Å²) in [7, 11) is 0. The topological polar surface area (TPSA) is 77.8 Å². The summed E-state index contributed by atoms with van der Waals surface area (Å²) < 4.78 is 0. The first-order valence-electron chi connectivity index (χ1n) is 13.9. The summed E-state index contributed by atoms with van der Waals surface area (Å²) in [5, 5.41) is 33.7. The van der Waals surface area contributed by atoms with E-state index in [1.165, 1.54) is 18.4 Å². The van der Waals surface area contributed by atoms with Gasteiger partial charge in [0.2, 0.25) is 0 Å². The van der Waals surface area contributed by atoms with E-state index in [0.29, 0.717) is 18.8 Å². The predicted octanol–water partition coefficient (Wildman–Crippen LogP) is 6.20. The van der Waals surface area contributed by atoms with E-state index in [-0.39, 0.29) is 33.5 Å². The van der Waals surface area contributed by atoms with Crippen molar-refractivity contribution in [2.45, 2.75) is 118 Å². The number of allylic oxidation sites excluding steroid dienone is 1. The zero-order chi connectivity index (χ0) is 25.1. The molecule has 0 saturated heterocycles. The quantitative estimate of drug-likeness (QED) is 0.397. The van der Waals surface area contributed by atoms with Gasteiger partial charge in [-0.1, -0.05) is 60.1 Å². The minimum absolute atomic E-state index is 0.0231. The molecule has 4 saturated carbocycles. The molecule has 0 aliphatic heterocycles. The highest BCUT2D eigenvalue weighted by molar-refractivity contribution is 5.81. The van der Waals surface area contributed by atoms with Crippen LogP contribution < -0.4 is 0 Å². The van der Waals surface area contributed by atoms with Crippen molar-refractivity contribution >= 4 is 5.97 Å². The molecule has 4 fully saturated rings. The molecular weight excluding hydrogens is 424 g/mol. The van der Waals surface area contributed by atoms with Crippen molar-refractivity contribution in [1.29, 1.82) is 0 Å². The summed E-state index contributed by atoms with van der Waals surface area (Å²) in [5.41, 5.74) is -0.349. The summed E-state index contributed by atoms with van der Waals surface area (Å²) >= 11 is 0. The molecule has 0 aromatic rings. The van der Waals surface area contributed by atoms with E-state index < -0.39 is 29.0 Å². The molecule has 9 atom stereocenters. The number of carboxylic acid groups (broad SMARTS) is 1. The first-order valence-corrected chi connectivity index (χ1v) is 13.9. The monoisotopic (exact) mass is 472 g/mol. The molecule has 5 aliphatic rings. The van der Waals surface area contributed by atoms with Crippen molar-refractivity contribution in [3.63, 3.8) is 0 Å². The highest BCUT2D eigenvalue weighted by Gasteiger charge is 2.73. The number of aliphatic hydroxyl groups excluding tert-OH is 2. The molecule has 0 spiro atoms. The second-order valence-electron chi connectivity index (χ2n) is 15.3. The second kappa shape index (κ2) is 7.12. The van der Waals surface area contributed by atoms with E-state index >= 15 is 0 Å². The van der Waals surface area contributed by atoms with E-state index in [9.17, 15) is 20.1 Å². The van der Waals surface area contributed by atoms with Crippen LogP contribution in [0.4, 0.5) is 0 Å². The molecule has 4 heteroatoms. The van der Waals surface area contributed by atoms with Gasteiger partial charge in [-0.3, -0.25) is 4.79 Å². The molecule has 0 aromatic carbocycles. The number of rotatable bonds is 1. The van der Waals surface area contributed by atoms with Crippen LogP contribution in [0.2, 0.25) is 0 Å². The maximum atomic E-state index is 13.5. The van der Waals surface area contributed by atoms with E-state index in [1.54, 1.807) is 0 Å². The largest absolute Gasteiger partial charge is 0.481 e. The number of hydrogen-bond acceptors (Lipinski definition) is 3. The van der Waals surface area contributed by atoms with Crippen molar-refractivity contribution < 1.29 is 20.1 Å². The molecular formula is C30H48O4. The van der Waals surface area contributed by atoms with Crippen LogP contribution in [0.1, 0.15) is 106 Å². The molecule has 34 heavy (non-hydrogen) atoms. The number of hydrogen-bond donors (Lipinski definition) is 3. The van der Waals surface area contributed by atoms with Crippen molar-refractivity contribution in [3.8, 4) is 0 Å². The number of carbonyl (C=O) groups is 1. The van der Waals surface area contributed by atoms with Crippen LogP contribution >= 0.6 is 0 Å². The average molecular weight is 473 g/mol. The van der Waals surface area contributed by atoms with Crippen LogP contribution in [0.15, 0.2) is 11.6 Å². The molecule has 192 valence electrons. The predicted molar refractivity (Wildman–Crippen MR) is 134 cm³/mol. The Bertz CT molecular complexity index is 919. The Kier molecular flexibility index (Phi) is 5.20. The number of aliphatic hydroxyl groups is 2. The third-order valence-corrected chi connectivity index (χ3v) is 12.7. The van der Waals surface area contributed by atoms with Crippen molar-refractivity contribution in [2.24, 2.45) is 50.2 Å². The third kappa shape index (κ3) is 2.88. The fraction of sp³-hybridized carbons (Fsp3) is 0.900. The van der Waals surface area contributed by atoms with E-state index in [4.69, 9.17) is 0 Å². The zero-order valence-electron chi connectivity index (χ0n) is 22.6. The van der Waals surface area contributed by atoms with Gasteiger partial charge in [0.1, 0.15) is 0 Å². The first kappa shape index (κ1) is 24.8. The standard InChI is InChI=1S/C30H48O4/c1-25(2)12-13-27(5)14-15-30(24(33)34)18(19(27)16-25)8-9-21-28(6)11-10-22(32)26(3,4)23(28)20(31)17-29(21,30)7/h8,19-23,31-32H,9-17H2,1-7H3,(H,33,34)/t19?,20-,21?,22+,23?,27-,28-,29-,30-/m1/s1. The summed E-state index contributed by atoms with van der Waals surface area (Å²) in [4.78, 5) is 13.5. The van der Waals surface area contributed by atoms with Crippen molar-refractivity contribution in [1.82, 2.24) is 0 Å². The molecule has 5 aliphatic carbocycles. The van der Waals surface area contributed by atoms with E-state index in [0.717, 1.165) is 32.1 Å². The van der Waals surface area contributed by atoms with Gasteiger partial charge in [0.15, 0.2) is 0 Å². The maximum Gasteiger partial charge on any atom is 0.314 e. The Hall–Kier alpha value is -0.870. The van der Waals surface area contributed by atoms with Crippen LogP contribution in [0.25, 0.3) is 0 Å². The van der Waals surface area contributed by atoms with Crippen molar-refractivity contribution in [3.05, 3.63) is 11.6 Å². The Morgan fingerprint density at radius 2 is 1.56 bits per heavy atom. The maximum absolute atomic E-state index is 13.5. The normalized spacial score (nSPS) is 53.4. The number of fused-ring (bicyclic) bond motifs is 7. The third-order valence-electron chi connectivity index (χ3n) is 12.7. The van der Waals surface area contributed by atoms with Crippen molar-refractivity contribution in [2.75, 3.05) is 0 Å². The molecule has 0 amide bonds. The molecule has 0 aromatic heterocycles. The van der Waals surface area contributed by atoms with Crippen LogP contribution in [-0.4, -0.2) is 33.5 Å². The molecule has 0 heterocycles. The van der Waals surface area contributed by atoms with Gasteiger partial charge in [0, 0.05) is 0 Å². The highest BCUT2D eigenvalue weighted by atomic mass is 16.4. The molecule has 3 unspecified atom stereocenters. The molecule has 4 nitrogen and oxygen atoms in total. The van der Waals surface area contributed by atoms with Gasteiger partial charge < -0.3 is 15.3 Å². The highest BCUT2D eigenvalue weighted by Crippen LogP contribution is 2.75. The minimum atomic E-state index is -0.900. The first-order chi connectivity index (χ1) is 15.6. The minimum Gasteiger partial charge on any atom is -0.481 e. The number of carboxylic acids is 1. The van der Waals surface area contributed by atoms with Gasteiger partial charge in [0.25, 0.3) is 0 Å². The Morgan fingerprint density at radius 3 is 2.21 bits per heavy atom. The lowest BCUT2D eigenvalue weighted by molar-refractivity contribution is -0.245. The Morgan fingerprint density at radius 1 is 0.912 bits per heavy atom. The SMILES string of the molecule is CC1(C)CC[C@]2(C)CC[C@]3(C(=O)O)C(=CCC4[C@@]5(C)CC[C@H](O)C(C)(C)C5[C@H](O)C[C@]43C)C2C1. The molecule has 3 N–H and O–H groups in total. The van der Waals surface area contributed by atoms with Gasteiger partial charge >= 0.3 is 5.97 Å². The lowest BCUT2D eigenvalue weighted by Gasteiger charge is -2.71. The molecule has 5 rings (SSSR count). The van der Waals surface area contributed by atoms with Crippen LogP contribution in [0.3, 0.4) is 0 Å². The van der Waals surface area contributed by atoms with E-state index in [2.05, 4.69) is 54.5 Å². The van der Waals surface area contributed by atoms with Gasteiger partial charge in [-0.2, -0.15) is 0 Å². The van der Waals surface area contributed by atoms with Gasteiger partial charge in [-0.15, -0.1) is 0 Å². The fourth-order valence-electron chi connectivity index (χ4n) is 10.8. The second-order valence-corrected chi connectivity index (χ2v) is 15.3. The van der Waals surface area contributed by atoms with Crippen LogP contribution in [0.5, 0.6) is 0 Å². The zero-order valence-corrected chi connectivity index (χ0v) is 22.6. The summed E-state index contributed by atoms with van der Waals surface area (Å²) in [6.07, 6.45) is 9.45. The molecule has 0 radical (unpaired) electrons. The Labute approximate surface area is 206 Å². The Balaban J connectivity index is 1.67. The van der Waals surface area contributed by atoms with Gasteiger partial charge in [-0.05, 0) is 103 Å². The van der Waals surface area contributed by atoms with Gasteiger partial charge in [0.05, 0.1) is 17.6 Å². The number of aliphatic carboxylic acids is 1. The lowest BCUT2D eigenvalue weighted by atomic mass is 9.33. The smallest absolute Gasteiger partial charge is 0.314 e. The summed E-state index contributed by atoms with van der Waals surface area (Å²) in [6, 6.07) is 0. The molecule has 0 bridgehead atoms. The van der Waals surface area contributed by atoms with Gasteiger partial charge in [-0.25, -0.2) is 0 Å². The fourth-order valence-corrected chi connectivity index (χ4v) is 10.8.